The maximum Gasteiger partial charge on any atom is 0.399 e. The standard InChI is InChI=1S/C16H11Cl2F3/c17-13-8-12(9-14(18)10-13)15(16(19,20)21)7-6-11-4-2-1-3-5-11/h1-10,15H. The topological polar surface area (TPSA) is 0 Å². The first-order chi connectivity index (χ1) is 9.86. The van der Waals surface area contributed by atoms with Crippen molar-refractivity contribution in [2.24, 2.45) is 0 Å². The van der Waals surface area contributed by atoms with Gasteiger partial charge in [-0.25, -0.2) is 0 Å². The first-order valence-corrected chi connectivity index (χ1v) is 6.88. The van der Waals surface area contributed by atoms with Crippen molar-refractivity contribution in [3.63, 3.8) is 0 Å². The lowest BCUT2D eigenvalue weighted by Gasteiger charge is -2.18. The van der Waals surface area contributed by atoms with Crippen LogP contribution in [-0.4, -0.2) is 6.18 Å². The fraction of sp³-hybridized carbons (Fsp3) is 0.125. The van der Waals surface area contributed by atoms with Crippen molar-refractivity contribution in [2.45, 2.75) is 12.1 Å². The van der Waals surface area contributed by atoms with Crippen molar-refractivity contribution in [3.05, 3.63) is 75.8 Å². The number of benzene rings is 2. The van der Waals surface area contributed by atoms with E-state index in [0.717, 1.165) is 6.08 Å². The van der Waals surface area contributed by atoms with Gasteiger partial charge < -0.3 is 0 Å². The van der Waals surface area contributed by atoms with Crippen LogP contribution in [0.15, 0.2) is 54.6 Å². The second kappa shape index (κ2) is 6.54. The summed E-state index contributed by atoms with van der Waals surface area (Å²) in [6.07, 6.45) is -1.87. The zero-order valence-corrected chi connectivity index (χ0v) is 12.3. The number of rotatable bonds is 3. The van der Waals surface area contributed by atoms with Crippen LogP contribution in [0.1, 0.15) is 17.0 Å². The van der Waals surface area contributed by atoms with Crippen LogP contribution >= 0.6 is 23.2 Å². The van der Waals surface area contributed by atoms with Crippen LogP contribution in [-0.2, 0) is 0 Å². The van der Waals surface area contributed by atoms with E-state index in [9.17, 15) is 13.2 Å². The molecule has 0 N–H and O–H groups in total. The Kier molecular flexibility index (Phi) is 4.96. The molecular formula is C16H11Cl2F3. The molecule has 5 heteroatoms. The minimum Gasteiger partial charge on any atom is -0.170 e. The van der Waals surface area contributed by atoms with Crippen molar-refractivity contribution in [2.75, 3.05) is 0 Å². The van der Waals surface area contributed by atoms with Crippen LogP contribution in [0.3, 0.4) is 0 Å². The van der Waals surface area contributed by atoms with E-state index in [1.54, 1.807) is 30.3 Å². The smallest absolute Gasteiger partial charge is 0.170 e. The molecular weight excluding hydrogens is 320 g/mol. The van der Waals surface area contributed by atoms with Gasteiger partial charge in [0.25, 0.3) is 0 Å². The Balaban J connectivity index is 2.38. The quantitative estimate of drug-likeness (QED) is 0.614. The van der Waals surface area contributed by atoms with Gasteiger partial charge in [-0.3, -0.25) is 0 Å². The molecule has 0 radical (unpaired) electrons. The second-order valence-electron chi connectivity index (χ2n) is 4.49. The molecule has 110 valence electrons. The van der Waals surface area contributed by atoms with E-state index in [-0.39, 0.29) is 15.6 Å². The van der Waals surface area contributed by atoms with E-state index in [4.69, 9.17) is 23.2 Å². The minimum atomic E-state index is -4.42. The van der Waals surface area contributed by atoms with Gasteiger partial charge in [0.2, 0.25) is 0 Å². The Hall–Kier alpha value is -1.45. The van der Waals surface area contributed by atoms with Gasteiger partial charge in [0.1, 0.15) is 0 Å². The Morgan fingerprint density at radius 2 is 1.48 bits per heavy atom. The lowest BCUT2D eigenvalue weighted by Crippen LogP contribution is -2.18. The van der Waals surface area contributed by atoms with Crippen molar-refractivity contribution in [1.82, 2.24) is 0 Å². The number of allylic oxidation sites excluding steroid dienone is 1. The van der Waals surface area contributed by atoms with E-state index in [1.165, 1.54) is 24.3 Å². The largest absolute Gasteiger partial charge is 0.399 e. The van der Waals surface area contributed by atoms with E-state index in [2.05, 4.69) is 0 Å². The molecule has 21 heavy (non-hydrogen) atoms. The summed E-state index contributed by atoms with van der Waals surface area (Å²) in [5.41, 5.74) is 0.715. The molecule has 0 fully saturated rings. The molecule has 0 spiro atoms. The van der Waals surface area contributed by atoms with Crippen LogP contribution in [0.4, 0.5) is 13.2 Å². The van der Waals surface area contributed by atoms with Crippen LogP contribution in [0.5, 0.6) is 0 Å². The number of alkyl halides is 3. The molecule has 0 saturated carbocycles. The van der Waals surface area contributed by atoms with Crippen LogP contribution in [0.2, 0.25) is 10.0 Å². The lowest BCUT2D eigenvalue weighted by molar-refractivity contribution is -0.139. The molecule has 0 nitrogen and oxygen atoms in total. The molecule has 0 aliphatic carbocycles. The average molecular weight is 331 g/mol. The van der Waals surface area contributed by atoms with E-state index >= 15 is 0 Å². The number of hydrogen-bond acceptors (Lipinski definition) is 0. The summed E-state index contributed by atoms with van der Waals surface area (Å²) in [5.74, 6) is -1.76. The van der Waals surface area contributed by atoms with E-state index < -0.39 is 12.1 Å². The molecule has 0 aliphatic rings. The van der Waals surface area contributed by atoms with Crippen molar-refractivity contribution in [1.29, 1.82) is 0 Å². The summed E-state index contributed by atoms with van der Waals surface area (Å²) in [7, 11) is 0. The van der Waals surface area contributed by atoms with Gasteiger partial charge in [0.05, 0.1) is 5.92 Å². The summed E-state index contributed by atoms with van der Waals surface area (Å²) in [4.78, 5) is 0. The summed E-state index contributed by atoms with van der Waals surface area (Å²) in [6, 6.07) is 12.7. The zero-order valence-electron chi connectivity index (χ0n) is 10.7. The highest BCUT2D eigenvalue weighted by atomic mass is 35.5. The van der Waals surface area contributed by atoms with Gasteiger partial charge in [0.15, 0.2) is 0 Å². The van der Waals surface area contributed by atoms with Gasteiger partial charge in [-0.05, 0) is 29.3 Å². The third-order valence-electron chi connectivity index (χ3n) is 2.88. The van der Waals surface area contributed by atoms with Gasteiger partial charge in [-0.2, -0.15) is 13.2 Å². The predicted molar refractivity (Wildman–Crippen MR) is 80.7 cm³/mol. The van der Waals surface area contributed by atoms with Gasteiger partial charge in [-0.1, -0.05) is 65.7 Å². The molecule has 2 aromatic rings. The van der Waals surface area contributed by atoms with Gasteiger partial charge >= 0.3 is 6.18 Å². The Morgan fingerprint density at radius 3 is 2.00 bits per heavy atom. The molecule has 1 atom stereocenters. The Labute approximate surface area is 130 Å². The number of halogens is 5. The zero-order chi connectivity index (χ0) is 15.5. The highest BCUT2D eigenvalue weighted by molar-refractivity contribution is 6.34. The molecule has 0 aliphatic heterocycles. The lowest BCUT2D eigenvalue weighted by atomic mass is 9.97. The minimum absolute atomic E-state index is 0.0205. The van der Waals surface area contributed by atoms with E-state index in [0.29, 0.717) is 5.56 Å². The molecule has 0 heterocycles. The Bertz CT molecular complexity index is 613. The third-order valence-corrected chi connectivity index (χ3v) is 3.31. The average Bonchev–Trinajstić information content (AvgIpc) is 2.37. The van der Waals surface area contributed by atoms with Crippen LogP contribution in [0, 0.1) is 0 Å². The summed E-state index contributed by atoms with van der Waals surface area (Å²) in [6.45, 7) is 0. The van der Waals surface area contributed by atoms with Crippen LogP contribution in [0.25, 0.3) is 6.08 Å². The molecule has 2 rings (SSSR count). The predicted octanol–water partition coefficient (Wildman–Crippen LogP) is 6.35. The SMILES string of the molecule is FC(F)(F)C(C=Cc1ccccc1)c1cc(Cl)cc(Cl)c1. The third kappa shape index (κ3) is 4.51. The van der Waals surface area contributed by atoms with Gasteiger partial charge in [0, 0.05) is 10.0 Å². The molecule has 0 bridgehead atoms. The Morgan fingerprint density at radius 1 is 0.905 bits per heavy atom. The molecule has 2 aromatic carbocycles. The van der Waals surface area contributed by atoms with E-state index in [1.807, 2.05) is 0 Å². The summed E-state index contributed by atoms with van der Waals surface area (Å²) < 4.78 is 39.7. The molecule has 0 saturated heterocycles. The first kappa shape index (κ1) is 15.9. The van der Waals surface area contributed by atoms with Crippen molar-refractivity contribution in [3.8, 4) is 0 Å². The maximum atomic E-state index is 13.2. The fourth-order valence-electron chi connectivity index (χ4n) is 1.94. The number of hydrogen-bond donors (Lipinski definition) is 0. The molecule has 0 amide bonds. The fourth-order valence-corrected chi connectivity index (χ4v) is 2.48. The molecule has 1 unspecified atom stereocenters. The second-order valence-corrected chi connectivity index (χ2v) is 5.36. The van der Waals surface area contributed by atoms with Gasteiger partial charge in [-0.15, -0.1) is 0 Å². The first-order valence-electron chi connectivity index (χ1n) is 6.12. The molecule has 0 aromatic heterocycles. The highest BCUT2D eigenvalue weighted by Gasteiger charge is 2.39. The normalized spacial score (nSPS) is 13.6. The maximum absolute atomic E-state index is 13.2. The summed E-state index contributed by atoms with van der Waals surface area (Å²) >= 11 is 11.6. The summed E-state index contributed by atoms with van der Waals surface area (Å²) in [5, 5.41) is 0.361. The van der Waals surface area contributed by atoms with Crippen LogP contribution < -0.4 is 0 Å². The van der Waals surface area contributed by atoms with Crippen molar-refractivity contribution < 1.29 is 13.2 Å². The van der Waals surface area contributed by atoms with Crippen molar-refractivity contribution >= 4 is 29.3 Å². The monoisotopic (exact) mass is 330 g/mol. The highest BCUT2D eigenvalue weighted by Crippen LogP contribution is 2.38.